The van der Waals surface area contributed by atoms with Gasteiger partial charge in [0.2, 0.25) is 5.95 Å². The monoisotopic (exact) mass is 354 g/mol. The first-order chi connectivity index (χ1) is 12.6. The second kappa shape index (κ2) is 7.95. The number of rotatable bonds is 5. The van der Waals surface area contributed by atoms with E-state index in [1.54, 1.807) is 13.0 Å². The number of hydrogen-bond acceptors (Lipinski definition) is 6. The van der Waals surface area contributed by atoms with Crippen LogP contribution in [0.3, 0.4) is 0 Å². The molecule has 1 aromatic carbocycles. The lowest BCUT2D eigenvalue weighted by molar-refractivity contribution is -0.148. The molecule has 1 saturated heterocycles. The van der Waals surface area contributed by atoms with E-state index in [4.69, 9.17) is 10.5 Å². The van der Waals surface area contributed by atoms with Gasteiger partial charge in [-0.2, -0.15) is 0 Å². The van der Waals surface area contributed by atoms with Crippen molar-refractivity contribution in [3.63, 3.8) is 0 Å². The van der Waals surface area contributed by atoms with E-state index in [9.17, 15) is 9.59 Å². The number of aromatic nitrogens is 2. The van der Waals surface area contributed by atoms with Crippen LogP contribution in [0, 0.1) is 5.92 Å². The fourth-order valence-corrected chi connectivity index (χ4v) is 3.07. The molecule has 26 heavy (non-hydrogen) atoms. The van der Waals surface area contributed by atoms with E-state index in [0.29, 0.717) is 31.3 Å². The third kappa shape index (κ3) is 3.99. The van der Waals surface area contributed by atoms with Gasteiger partial charge in [0.15, 0.2) is 0 Å². The summed E-state index contributed by atoms with van der Waals surface area (Å²) in [4.78, 5) is 34.6. The zero-order chi connectivity index (χ0) is 18.5. The van der Waals surface area contributed by atoms with Crippen LogP contribution in [0.4, 0.5) is 5.95 Å². The number of nitrogens with zero attached hydrogens (tertiary/aromatic N) is 3. The predicted molar refractivity (Wildman–Crippen MR) is 97.6 cm³/mol. The molecule has 0 spiro atoms. The zero-order valence-corrected chi connectivity index (χ0v) is 14.7. The van der Waals surface area contributed by atoms with Crippen molar-refractivity contribution < 1.29 is 14.3 Å². The summed E-state index contributed by atoms with van der Waals surface area (Å²) in [6, 6.07) is 11.1. The molecule has 3 rings (SSSR count). The first-order valence-corrected chi connectivity index (χ1v) is 8.74. The van der Waals surface area contributed by atoms with Gasteiger partial charge >= 0.3 is 5.97 Å². The van der Waals surface area contributed by atoms with Crippen LogP contribution in [0.2, 0.25) is 0 Å². The SMILES string of the molecule is CCOC(=O)C1CCCN(c2nc(C(N)=O)cc(-c3ccccc3)n2)C1. The highest BCUT2D eigenvalue weighted by molar-refractivity contribution is 5.92. The van der Waals surface area contributed by atoms with E-state index < -0.39 is 5.91 Å². The molecular formula is C19H22N4O3. The molecular weight excluding hydrogens is 332 g/mol. The van der Waals surface area contributed by atoms with Crippen LogP contribution >= 0.6 is 0 Å². The Morgan fingerprint density at radius 3 is 2.73 bits per heavy atom. The van der Waals surface area contributed by atoms with Crippen LogP contribution in [0.1, 0.15) is 30.3 Å². The molecule has 7 nitrogen and oxygen atoms in total. The average Bonchev–Trinajstić information content (AvgIpc) is 2.68. The Balaban J connectivity index is 1.92. The highest BCUT2D eigenvalue weighted by Gasteiger charge is 2.28. The number of esters is 1. The third-order valence-corrected chi connectivity index (χ3v) is 4.36. The largest absolute Gasteiger partial charge is 0.466 e. The minimum atomic E-state index is -0.607. The van der Waals surface area contributed by atoms with Crippen LogP contribution in [0.25, 0.3) is 11.3 Å². The molecule has 1 aromatic heterocycles. The Morgan fingerprint density at radius 1 is 1.27 bits per heavy atom. The quantitative estimate of drug-likeness (QED) is 0.825. The van der Waals surface area contributed by atoms with E-state index in [1.807, 2.05) is 35.2 Å². The minimum Gasteiger partial charge on any atom is -0.466 e. The number of ether oxygens (including phenoxy) is 1. The number of benzene rings is 1. The van der Waals surface area contributed by atoms with Crippen molar-refractivity contribution >= 4 is 17.8 Å². The highest BCUT2D eigenvalue weighted by Crippen LogP contribution is 2.25. The molecule has 2 N–H and O–H groups in total. The summed E-state index contributed by atoms with van der Waals surface area (Å²) in [6.45, 7) is 3.34. The van der Waals surface area contributed by atoms with Gasteiger partial charge in [0.1, 0.15) is 5.69 Å². The van der Waals surface area contributed by atoms with Crippen molar-refractivity contribution in [3.8, 4) is 11.3 Å². The number of carbonyl (C=O) groups is 2. The second-order valence-electron chi connectivity index (χ2n) is 6.21. The van der Waals surface area contributed by atoms with Gasteiger partial charge in [0.05, 0.1) is 18.2 Å². The molecule has 2 aromatic rings. The normalized spacial score (nSPS) is 17.0. The third-order valence-electron chi connectivity index (χ3n) is 4.36. The number of primary amides is 1. The standard InChI is InChI=1S/C19H22N4O3/c1-2-26-18(25)14-9-6-10-23(12-14)19-21-15(11-16(22-19)17(20)24)13-7-4-3-5-8-13/h3-5,7-8,11,14H,2,6,9-10,12H2,1H3,(H2,20,24). The topological polar surface area (TPSA) is 98.4 Å². The van der Waals surface area contributed by atoms with E-state index >= 15 is 0 Å². The average molecular weight is 354 g/mol. The van der Waals surface area contributed by atoms with Gasteiger partial charge in [-0.1, -0.05) is 30.3 Å². The Hall–Kier alpha value is -2.96. The molecule has 0 radical (unpaired) electrons. The van der Waals surface area contributed by atoms with E-state index in [0.717, 1.165) is 18.4 Å². The molecule has 0 saturated carbocycles. The van der Waals surface area contributed by atoms with Crippen molar-refractivity contribution in [3.05, 3.63) is 42.1 Å². The van der Waals surface area contributed by atoms with Gasteiger partial charge in [-0.05, 0) is 25.8 Å². The molecule has 1 amide bonds. The first-order valence-electron chi connectivity index (χ1n) is 8.74. The lowest BCUT2D eigenvalue weighted by Crippen LogP contribution is -2.40. The molecule has 0 bridgehead atoms. The van der Waals surface area contributed by atoms with Gasteiger partial charge < -0.3 is 15.4 Å². The molecule has 1 aliphatic heterocycles. The molecule has 1 unspecified atom stereocenters. The molecule has 2 heterocycles. The fourth-order valence-electron chi connectivity index (χ4n) is 3.07. The lowest BCUT2D eigenvalue weighted by Gasteiger charge is -2.31. The van der Waals surface area contributed by atoms with Crippen molar-refractivity contribution in [2.45, 2.75) is 19.8 Å². The number of carbonyl (C=O) groups excluding carboxylic acids is 2. The van der Waals surface area contributed by atoms with Gasteiger partial charge in [0, 0.05) is 18.7 Å². The number of piperidine rings is 1. The van der Waals surface area contributed by atoms with Crippen LogP contribution in [-0.4, -0.2) is 41.5 Å². The Morgan fingerprint density at radius 2 is 2.04 bits per heavy atom. The van der Waals surface area contributed by atoms with E-state index in [2.05, 4.69) is 9.97 Å². The molecule has 7 heteroatoms. The second-order valence-corrected chi connectivity index (χ2v) is 6.21. The fraction of sp³-hybridized carbons (Fsp3) is 0.368. The molecule has 1 fully saturated rings. The smallest absolute Gasteiger partial charge is 0.310 e. The molecule has 1 aliphatic rings. The maximum absolute atomic E-state index is 12.1. The van der Waals surface area contributed by atoms with E-state index in [1.165, 1.54) is 0 Å². The highest BCUT2D eigenvalue weighted by atomic mass is 16.5. The Labute approximate surface area is 152 Å². The van der Waals surface area contributed by atoms with Crippen LogP contribution in [0.15, 0.2) is 36.4 Å². The summed E-state index contributed by atoms with van der Waals surface area (Å²) in [5.74, 6) is -0.616. The van der Waals surface area contributed by atoms with Gasteiger partial charge in [-0.15, -0.1) is 0 Å². The summed E-state index contributed by atoms with van der Waals surface area (Å²) in [7, 11) is 0. The molecule has 0 aliphatic carbocycles. The van der Waals surface area contributed by atoms with Crippen LogP contribution < -0.4 is 10.6 Å². The summed E-state index contributed by atoms with van der Waals surface area (Å²) in [5, 5.41) is 0. The zero-order valence-electron chi connectivity index (χ0n) is 14.7. The number of amides is 1. The Bertz CT molecular complexity index is 795. The van der Waals surface area contributed by atoms with Gasteiger partial charge in [0.25, 0.3) is 5.91 Å². The summed E-state index contributed by atoms with van der Waals surface area (Å²) < 4.78 is 5.14. The van der Waals surface area contributed by atoms with Crippen molar-refractivity contribution in [1.29, 1.82) is 0 Å². The number of hydrogen-bond donors (Lipinski definition) is 1. The van der Waals surface area contributed by atoms with E-state index in [-0.39, 0.29) is 17.6 Å². The number of anilines is 1. The summed E-state index contributed by atoms with van der Waals surface area (Å²) in [5.41, 5.74) is 7.11. The maximum Gasteiger partial charge on any atom is 0.310 e. The van der Waals surface area contributed by atoms with Crippen molar-refractivity contribution in [1.82, 2.24) is 9.97 Å². The van der Waals surface area contributed by atoms with Crippen LogP contribution in [-0.2, 0) is 9.53 Å². The lowest BCUT2D eigenvalue weighted by atomic mass is 9.98. The van der Waals surface area contributed by atoms with Gasteiger partial charge in [-0.3, -0.25) is 9.59 Å². The predicted octanol–water partition coefficient (Wildman–Crippen LogP) is 2.02. The van der Waals surface area contributed by atoms with Crippen LogP contribution in [0.5, 0.6) is 0 Å². The summed E-state index contributed by atoms with van der Waals surface area (Å²) in [6.07, 6.45) is 1.60. The van der Waals surface area contributed by atoms with Gasteiger partial charge in [-0.25, -0.2) is 9.97 Å². The number of nitrogens with two attached hydrogens (primary N) is 1. The van der Waals surface area contributed by atoms with Crippen molar-refractivity contribution in [2.75, 3.05) is 24.6 Å². The van der Waals surface area contributed by atoms with Crippen molar-refractivity contribution in [2.24, 2.45) is 11.7 Å². The minimum absolute atomic E-state index is 0.159. The Kier molecular flexibility index (Phi) is 5.46. The molecule has 136 valence electrons. The summed E-state index contributed by atoms with van der Waals surface area (Å²) >= 11 is 0. The molecule has 1 atom stereocenters. The first kappa shape index (κ1) is 17.8. The maximum atomic E-state index is 12.1.